The number of nitrogens with zero attached hydrogens (tertiary/aromatic N) is 3. The Bertz CT molecular complexity index is 962. The van der Waals surface area contributed by atoms with Crippen molar-refractivity contribution in [1.29, 1.82) is 0 Å². The number of hydrogen-bond donors (Lipinski definition) is 3. The molecule has 11 heteroatoms. The maximum atomic E-state index is 13.6. The van der Waals surface area contributed by atoms with E-state index in [1.54, 1.807) is 4.90 Å². The van der Waals surface area contributed by atoms with Crippen LogP contribution in [0.25, 0.3) is 0 Å². The number of rotatable bonds is 6. The molecule has 1 aromatic rings. The molecule has 0 saturated carbocycles. The molecule has 1 unspecified atom stereocenters. The Morgan fingerprint density at radius 3 is 2.50 bits per heavy atom. The largest absolute Gasteiger partial charge is 0.404 e. The molecule has 9 nitrogen and oxygen atoms in total. The number of nitrogens with one attached hydrogen (secondary N) is 2. The lowest BCUT2D eigenvalue weighted by molar-refractivity contribution is -0.132. The predicted molar refractivity (Wildman–Crippen MR) is 115 cm³/mol. The van der Waals surface area contributed by atoms with Crippen molar-refractivity contribution >= 4 is 29.7 Å². The van der Waals surface area contributed by atoms with E-state index in [4.69, 9.17) is 5.73 Å². The van der Waals surface area contributed by atoms with E-state index < -0.39 is 29.1 Å². The number of imide groups is 1. The summed E-state index contributed by atoms with van der Waals surface area (Å²) in [5.41, 5.74) is 4.87. The Morgan fingerprint density at radius 1 is 1.28 bits per heavy atom. The van der Waals surface area contributed by atoms with Gasteiger partial charge in [0.2, 0.25) is 5.91 Å². The molecule has 2 aliphatic heterocycles. The second-order valence-electron chi connectivity index (χ2n) is 7.83. The van der Waals surface area contributed by atoms with Gasteiger partial charge in [-0.05, 0) is 25.5 Å². The molecule has 0 radical (unpaired) electrons. The fourth-order valence-corrected chi connectivity index (χ4v) is 4.18. The molecule has 172 valence electrons. The minimum Gasteiger partial charge on any atom is -0.404 e. The number of benzene rings is 1. The van der Waals surface area contributed by atoms with Crippen LogP contribution in [0.3, 0.4) is 0 Å². The van der Waals surface area contributed by atoms with Crippen LogP contribution in [-0.2, 0) is 9.59 Å². The molecule has 2 fully saturated rings. The van der Waals surface area contributed by atoms with E-state index in [2.05, 4.69) is 15.6 Å². The Morgan fingerprint density at radius 2 is 1.97 bits per heavy atom. The molecule has 4 N–H and O–H groups in total. The van der Waals surface area contributed by atoms with Crippen molar-refractivity contribution < 1.29 is 23.2 Å². The van der Waals surface area contributed by atoms with Gasteiger partial charge in [0, 0.05) is 68.9 Å². The van der Waals surface area contributed by atoms with Gasteiger partial charge >= 0.3 is 6.03 Å². The van der Waals surface area contributed by atoms with Crippen LogP contribution in [0.1, 0.15) is 19.8 Å². The molecular formula is C21H26F2N6O3. The Kier molecular flexibility index (Phi) is 6.75. The van der Waals surface area contributed by atoms with Crippen LogP contribution in [0.4, 0.5) is 19.3 Å². The summed E-state index contributed by atoms with van der Waals surface area (Å²) in [6.45, 7) is 2.96. The van der Waals surface area contributed by atoms with Crippen molar-refractivity contribution in [2.45, 2.75) is 31.3 Å². The molecule has 1 aromatic carbocycles. The van der Waals surface area contributed by atoms with Gasteiger partial charge in [0.05, 0.1) is 0 Å². The number of aliphatic imine (C=N–C) groups is 1. The Labute approximate surface area is 184 Å². The summed E-state index contributed by atoms with van der Waals surface area (Å²) in [4.78, 5) is 44.6. The number of amides is 4. The van der Waals surface area contributed by atoms with E-state index in [0.29, 0.717) is 25.3 Å². The highest BCUT2D eigenvalue weighted by Gasteiger charge is 2.48. The third kappa shape index (κ3) is 4.56. The summed E-state index contributed by atoms with van der Waals surface area (Å²) in [7, 11) is 1.50. The first-order valence-electron chi connectivity index (χ1n) is 10.2. The van der Waals surface area contributed by atoms with Crippen LogP contribution in [0.2, 0.25) is 0 Å². The lowest BCUT2D eigenvalue weighted by Crippen LogP contribution is -2.55. The average molecular weight is 448 g/mol. The standard InChI is InChI=1S/C21H26F2N6O3/c1-13-12-28(5-6-29(13)17-8-15(22)7-16(23)9-17)18(30)3-4-21(14(10-24)11-25-2)19(31)26-20(32)27-21/h7-11,13H,3-6,12,24H2,1-2H3,(H2,26,27,31,32)/t13-,21?/m0/s1. The van der Waals surface area contributed by atoms with Crippen LogP contribution in [0.5, 0.6) is 0 Å². The zero-order valence-electron chi connectivity index (χ0n) is 17.9. The first kappa shape index (κ1) is 23.2. The maximum absolute atomic E-state index is 13.6. The van der Waals surface area contributed by atoms with Crippen LogP contribution < -0.4 is 21.3 Å². The summed E-state index contributed by atoms with van der Waals surface area (Å²) >= 11 is 0. The maximum Gasteiger partial charge on any atom is 0.322 e. The fourth-order valence-electron chi connectivity index (χ4n) is 4.18. The number of piperazine rings is 1. The zero-order chi connectivity index (χ0) is 23.5. The second kappa shape index (κ2) is 9.33. The third-order valence-corrected chi connectivity index (χ3v) is 5.76. The van der Waals surface area contributed by atoms with E-state index >= 15 is 0 Å². The van der Waals surface area contributed by atoms with Gasteiger partial charge in [0.15, 0.2) is 0 Å². The number of anilines is 1. The normalized spacial score (nSPS) is 24.1. The highest BCUT2D eigenvalue weighted by Crippen LogP contribution is 2.27. The third-order valence-electron chi connectivity index (χ3n) is 5.76. The van der Waals surface area contributed by atoms with Crippen molar-refractivity contribution in [3.8, 4) is 0 Å². The van der Waals surface area contributed by atoms with Gasteiger partial charge in [0.1, 0.15) is 17.2 Å². The summed E-state index contributed by atoms with van der Waals surface area (Å²) in [5, 5.41) is 4.75. The highest BCUT2D eigenvalue weighted by atomic mass is 19.1. The van der Waals surface area contributed by atoms with Crippen molar-refractivity contribution in [2.24, 2.45) is 10.7 Å². The first-order chi connectivity index (χ1) is 15.2. The van der Waals surface area contributed by atoms with E-state index in [1.165, 1.54) is 31.6 Å². The van der Waals surface area contributed by atoms with Crippen LogP contribution in [0, 0.1) is 11.6 Å². The fraction of sp³-hybridized carbons (Fsp3) is 0.429. The number of nitrogens with two attached hydrogens (primary N) is 1. The molecule has 0 bridgehead atoms. The smallest absolute Gasteiger partial charge is 0.322 e. The number of urea groups is 1. The van der Waals surface area contributed by atoms with Crippen molar-refractivity contribution in [3.05, 3.63) is 41.6 Å². The number of hydrogen-bond acceptors (Lipinski definition) is 6. The van der Waals surface area contributed by atoms with Gasteiger partial charge in [-0.1, -0.05) is 0 Å². The molecule has 2 saturated heterocycles. The number of carbonyl (C=O) groups excluding carboxylic acids is 3. The lowest BCUT2D eigenvalue weighted by Gasteiger charge is -2.41. The lowest BCUT2D eigenvalue weighted by atomic mass is 9.85. The second-order valence-corrected chi connectivity index (χ2v) is 7.83. The SMILES string of the molecule is CN=CC(=CN)C1(CCC(=O)N2CCN(c3cc(F)cc(F)c3)[C@@H](C)C2)NC(=O)NC1=O. The van der Waals surface area contributed by atoms with E-state index in [1.807, 2.05) is 11.8 Å². The molecule has 3 rings (SSSR count). The molecule has 0 aromatic heterocycles. The van der Waals surface area contributed by atoms with E-state index in [9.17, 15) is 23.2 Å². The van der Waals surface area contributed by atoms with Crippen LogP contribution in [-0.4, -0.2) is 67.2 Å². The van der Waals surface area contributed by atoms with Gasteiger partial charge < -0.3 is 20.9 Å². The highest BCUT2D eigenvalue weighted by molar-refractivity contribution is 6.12. The monoisotopic (exact) mass is 448 g/mol. The minimum absolute atomic E-state index is 0.00215. The van der Waals surface area contributed by atoms with Gasteiger partial charge in [-0.25, -0.2) is 13.6 Å². The molecule has 2 heterocycles. The van der Waals surface area contributed by atoms with Crippen molar-refractivity contribution in [1.82, 2.24) is 15.5 Å². The molecule has 0 spiro atoms. The molecular weight excluding hydrogens is 422 g/mol. The topological polar surface area (TPSA) is 120 Å². The van der Waals surface area contributed by atoms with E-state index in [0.717, 1.165) is 6.07 Å². The van der Waals surface area contributed by atoms with Gasteiger partial charge in [0.25, 0.3) is 5.91 Å². The predicted octanol–water partition coefficient (Wildman–Crippen LogP) is 0.904. The Hall–Kier alpha value is -3.50. The summed E-state index contributed by atoms with van der Waals surface area (Å²) < 4.78 is 27.2. The van der Waals surface area contributed by atoms with Gasteiger partial charge in [-0.15, -0.1) is 0 Å². The minimum atomic E-state index is -1.48. The molecule has 2 atom stereocenters. The van der Waals surface area contributed by atoms with Crippen molar-refractivity contribution in [2.75, 3.05) is 31.6 Å². The molecule has 32 heavy (non-hydrogen) atoms. The molecule has 0 aliphatic carbocycles. The Balaban J connectivity index is 1.68. The molecule has 2 aliphatic rings. The van der Waals surface area contributed by atoms with Gasteiger partial charge in [-0.2, -0.15) is 0 Å². The quantitative estimate of drug-likeness (QED) is 0.441. The summed E-state index contributed by atoms with van der Waals surface area (Å²) in [6, 6.07) is 2.49. The average Bonchev–Trinajstić information content (AvgIpc) is 3.03. The zero-order valence-corrected chi connectivity index (χ0v) is 17.9. The summed E-state index contributed by atoms with van der Waals surface area (Å²) in [6.07, 6.45) is 2.53. The van der Waals surface area contributed by atoms with Crippen molar-refractivity contribution in [3.63, 3.8) is 0 Å². The number of carbonyl (C=O) groups is 3. The van der Waals surface area contributed by atoms with Crippen LogP contribution in [0.15, 0.2) is 35.0 Å². The first-order valence-corrected chi connectivity index (χ1v) is 10.2. The van der Waals surface area contributed by atoms with Crippen LogP contribution >= 0.6 is 0 Å². The summed E-state index contributed by atoms with van der Waals surface area (Å²) in [5.74, 6) is -2.13. The van der Waals surface area contributed by atoms with Gasteiger partial charge in [-0.3, -0.25) is 19.9 Å². The molecule has 4 amide bonds. The number of halogens is 2. The van der Waals surface area contributed by atoms with E-state index in [-0.39, 0.29) is 30.4 Å².